The van der Waals surface area contributed by atoms with E-state index in [4.69, 9.17) is 14.2 Å². The van der Waals surface area contributed by atoms with Crippen LogP contribution in [0.1, 0.15) is 45.3 Å². The number of fused-ring (bicyclic) bond motifs is 1. The van der Waals surface area contributed by atoms with Crippen molar-refractivity contribution in [3.8, 4) is 11.5 Å². The number of anilines is 1. The maximum absolute atomic E-state index is 12.5. The van der Waals surface area contributed by atoms with Gasteiger partial charge < -0.3 is 19.5 Å². The van der Waals surface area contributed by atoms with E-state index in [2.05, 4.69) is 15.8 Å². The number of hydrogen-bond donors (Lipinski definition) is 2. The Kier molecular flexibility index (Phi) is 8.19. The van der Waals surface area contributed by atoms with Crippen molar-refractivity contribution < 1.29 is 28.6 Å². The Labute approximate surface area is 218 Å². The molecule has 1 aliphatic rings. The van der Waals surface area contributed by atoms with E-state index in [1.54, 1.807) is 25.1 Å². The van der Waals surface area contributed by atoms with E-state index in [0.717, 1.165) is 35.3 Å². The minimum absolute atomic E-state index is 0.313. The van der Waals surface area contributed by atoms with Gasteiger partial charge in [-0.1, -0.05) is 30.3 Å². The van der Waals surface area contributed by atoms with E-state index in [1.807, 2.05) is 30.3 Å². The molecule has 0 saturated heterocycles. The van der Waals surface area contributed by atoms with Crippen molar-refractivity contribution in [3.05, 3.63) is 75.7 Å². The zero-order valence-electron chi connectivity index (χ0n) is 20.8. The van der Waals surface area contributed by atoms with Gasteiger partial charge in [0.25, 0.3) is 0 Å². The van der Waals surface area contributed by atoms with Crippen molar-refractivity contribution in [3.63, 3.8) is 0 Å². The lowest BCUT2D eigenvalue weighted by Crippen LogP contribution is -2.33. The first-order valence-corrected chi connectivity index (χ1v) is 12.5. The molecule has 1 heterocycles. The number of benzene rings is 2. The Morgan fingerprint density at radius 2 is 1.78 bits per heavy atom. The number of hydrogen-bond acceptors (Lipinski definition) is 8. The van der Waals surface area contributed by atoms with Gasteiger partial charge in [-0.3, -0.25) is 9.59 Å². The van der Waals surface area contributed by atoms with Crippen LogP contribution in [0.5, 0.6) is 11.5 Å². The minimum Gasteiger partial charge on any atom is -0.493 e. The highest BCUT2D eigenvalue weighted by Crippen LogP contribution is 2.39. The SMILES string of the molecule is COC(=O)c1c(NC(=O)C(=O)N/N=C(\C)c2ccc(OCc3ccccc3)c(OC)c2)sc2c1CCC2. The summed E-state index contributed by atoms with van der Waals surface area (Å²) in [5.41, 5.74) is 5.63. The molecule has 9 nitrogen and oxygen atoms in total. The monoisotopic (exact) mass is 521 g/mol. The van der Waals surface area contributed by atoms with Gasteiger partial charge >= 0.3 is 17.8 Å². The van der Waals surface area contributed by atoms with Crippen LogP contribution in [-0.4, -0.2) is 37.7 Å². The van der Waals surface area contributed by atoms with Crippen molar-refractivity contribution in [1.82, 2.24) is 5.43 Å². The topological polar surface area (TPSA) is 115 Å². The molecule has 0 saturated carbocycles. The fourth-order valence-corrected chi connectivity index (χ4v) is 5.24. The van der Waals surface area contributed by atoms with Gasteiger partial charge in [-0.2, -0.15) is 5.10 Å². The molecule has 0 aliphatic heterocycles. The number of amides is 2. The summed E-state index contributed by atoms with van der Waals surface area (Å²) in [7, 11) is 2.82. The molecule has 0 radical (unpaired) electrons. The number of aryl methyl sites for hydroxylation is 1. The Morgan fingerprint density at radius 3 is 2.51 bits per heavy atom. The fourth-order valence-electron chi connectivity index (χ4n) is 3.97. The lowest BCUT2D eigenvalue weighted by Gasteiger charge is -2.12. The number of methoxy groups -OCH3 is 2. The maximum atomic E-state index is 12.5. The zero-order chi connectivity index (χ0) is 26.4. The summed E-state index contributed by atoms with van der Waals surface area (Å²) in [6.45, 7) is 2.08. The molecule has 0 bridgehead atoms. The van der Waals surface area contributed by atoms with Crippen LogP contribution < -0.4 is 20.2 Å². The third-order valence-corrected chi connectivity index (χ3v) is 7.10. The molecule has 2 aromatic carbocycles. The van der Waals surface area contributed by atoms with Crippen LogP contribution in [0.3, 0.4) is 0 Å². The van der Waals surface area contributed by atoms with E-state index < -0.39 is 17.8 Å². The Morgan fingerprint density at radius 1 is 1.00 bits per heavy atom. The van der Waals surface area contributed by atoms with Gasteiger partial charge in [0.15, 0.2) is 11.5 Å². The summed E-state index contributed by atoms with van der Waals surface area (Å²) in [6.07, 6.45) is 2.51. The second kappa shape index (κ2) is 11.7. The third kappa shape index (κ3) is 5.97. The summed E-state index contributed by atoms with van der Waals surface area (Å²) in [4.78, 5) is 38.2. The number of thiophene rings is 1. The average molecular weight is 522 g/mol. The van der Waals surface area contributed by atoms with Gasteiger partial charge in [0.1, 0.15) is 11.6 Å². The van der Waals surface area contributed by atoms with E-state index in [9.17, 15) is 14.4 Å². The smallest absolute Gasteiger partial charge is 0.341 e. The van der Waals surface area contributed by atoms with Crippen LogP contribution in [0.4, 0.5) is 5.00 Å². The van der Waals surface area contributed by atoms with Crippen LogP contribution >= 0.6 is 11.3 Å². The molecular formula is C27H27N3O6S. The van der Waals surface area contributed by atoms with Crippen LogP contribution in [0.15, 0.2) is 53.6 Å². The first-order valence-electron chi connectivity index (χ1n) is 11.6. The summed E-state index contributed by atoms with van der Waals surface area (Å²) in [5.74, 6) is -1.35. The minimum atomic E-state index is -0.960. The number of esters is 1. The normalized spacial score (nSPS) is 12.5. The van der Waals surface area contributed by atoms with Crippen molar-refractivity contribution in [2.45, 2.75) is 32.8 Å². The molecule has 1 aliphatic carbocycles. The Hall–Kier alpha value is -4.18. The highest BCUT2D eigenvalue weighted by Gasteiger charge is 2.29. The lowest BCUT2D eigenvalue weighted by molar-refractivity contribution is -0.136. The molecule has 1 aromatic heterocycles. The summed E-state index contributed by atoms with van der Waals surface area (Å²) >= 11 is 1.29. The van der Waals surface area contributed by atoms with Gasteiger partial charge in [-0.15, -0.1) is 11.3 Å². The average Bonchev–Trinajstić information content (AvgIpc) is 3.51. The van der Waals surface area contributed by atoms with Gasteiger partial charge in [0.2, 0.25) is 0 Å². The predicted octanol–water partition coefficient (Wildman–Crippen LogP) is 4.09. The number of carbonyl (C=O) groups excluding carboxylic acids is 3. The van der Waals surface area contributed by atoms with Crippen LogP contribution in [0.25, 0.3) is 0 Å². The second-order valence-corrected chi connectivity index (χ2v) is 9.39. The highest BCUT2D eigenvalue weighted by atomic mass is 32.1. The molecule has 0 fully saturated rings. The summed E-state index contributed by atoms with van der Waals surface area (Å²) in [5, 5.41) is 6.90. The number of carbonyl (C=O) groups is 3. The van der Waals surface area contributed by atoms with Gasteiger partial charge in [0, 0.05) is 10.4 Å². The van der Waals surface area contributed by atoms with Gasteiger partial charge in [-0.05, 0) is 55.5 Å². The molecule has 0 atom stereocenters. The molecular weight excluding hydrogens is 494 g/mol. The number of nitrogens with zero attached hydrogens (tertiary/aromatic N) is 1. The molecule has 0 spiro atoms. The van der Waals surface area contributed by atoms with Crippen LogP contribution in [0.2, 0.25) is 0 Å². The number of hydrazone groups is 1. The maximum Gasteiger partial charge on any atom is 0.341 e. The first kappa shape index (κ1) is 25.9. The molecule has 4 rings (SSSR count). The second-order valence-electron chi connectivity index (χ2n) is 8.29. The Bertz CT molecular complexity index is 1350. The van der Waals surface area contributed by atoms with Crippen molar-refractivity contribution in [1.29, 1.82) is 0 Å². The van der Waals surface area contributed by atoms with E-state index in [1.165, 1.54) is 25.6 Å². The van der Waals surface area contributed by atoms with Crippen LogP contribution in [-0.2, 0) is 33.8 Å². The van der Waals surface area contributed by atoms with Gasteiger partial charge in [0.05, 0.1) is 25.5 Å². The number of nitrogens with one attached hydrogen (secondary N) is 2. The first-order chi connectivity index (χ1) is 17.9. The van der Waals surface area contributed by atoms with E-state index >= 15 is 0 Å². The lowest BCUT2D eigenvalue weighted by atomic mass is 10.1. The molecule has 2 amide bonds. The van der Waals surface area contributed by atoms with E-state index in [0.29, 0.717) is 39.9 Å². The number of rotatable bonds is 8. The van der Waals surface area contributed by atoms with Crippen molar-refractivity contribution >= 4 is 39.8 Å². The Balaban J connectivity index is 1.40. The summed E-state index contributed by atoms with van der Waals surface area (Å²) < 4.78 is 16.2. The third-order valence-electron chi connectivity index (χ3n) is 5.89. The van der Waals surface area contributed by atoms with Crippen molar-refractivity contribution in [2.24, 2.45) is 5.10 Å². The predicted molar refractivity (Wildman–Crippen MR) is 140 cm³/mol. The summed E-state index contributed by atoms with van der Waals surface area (Å²) in [6, 6.07) is 15.0. The molecule has 2 N–H and O–H groups in total. The molecule has 3 aromatic rings. The quantitative estimate of drug-likeness (QED) is 0.200. The molecule has 37 heavy (non-hydrogen) atoms. The van der Waals surface area contributed by atoms with E-state index in [-0.39, 0.29) is 0 Å². The molecule has 0 unspecified atom stereocenters. The van der Waals surface area contributed by atoms with Crippen LogP contribution in [0, 0.1) is 0 Å². The highest BCUT2D eigenvalue weighted by molar-refractivity contribution is 7.17. The van der Waals surface area contributed by atoms with Crippen molar-refractivity contribution in [2.75, 3.05) is 19.5 Å². The van der Waals surface area contributed by atoms with Gasteiger partial charge in [-0.25, -0.2) is 10.2 Å². The standard InChI is InChI=1S/C27H27N3O6S/c1-16(18-12-13-20(21(14-18)34-2)36-15-17-8-5-4-6-9-17)29-30-25(32)24(31)28-26-23(27(33)35-3)19-10-7-11-22(19)37-26/h4-6,8-9,12-14H,7,10-11,15H2,1-3H3,(H,28,31)(H,30,32)/b29-16+. The number of ether oxygens (including phenoxy) is 3. The zero-order valence-corrected chi connectivity index (χ0v) is 21.6. The fraction of sp³-hybridized carbons (Fsp3) is 0.259. The molecule has 192 valence electrons. The molecule has 10 heteroatoms. The largest absolute Gasteiger partial charge is 0.493 e.